The van der Waals surface area contributed by atoms with Crippen molar-refractivity contribution in [1.29, 1.82) is 0 Å². The monoisotopic (exact) mass is 421 g/mol. The Kier molecular flexibility index (Phi) is 5.21. The second-order valence-corrected chi connectivity index (χ2v) is 9.35. The van der Waals surface area contributed by atoms with Gasteiger partial charge in [0.05, 0.1) is 27.9 Å². The summed E-state index contributed by atoms with van der Waals surface area (Å²) in [4.78, 5) is 18.3. The Hall–Kier alpha value is -2.44. The molecule has 2 aromatic carbocycles. The number of piperidine rings is 1. The molecule has 2 N–H and O–H groups in total. The first-order valence-corrected chi connectivity index (χ1v) is 11.6. The summed E-state index contributed by atoms with van der Waals surface area (Å²) in [6.07, 6.45) is 3.05. The number of rotatable bonds is 3. The Bertz CT molecular complexity index is 1100. The second-order valence-electron chi connectivity index (χ2n) is 8.32. The summed E-state index contributed by atoms with van der Waals surface area (Å²) in [7, 11) is 0. The molecular weight excluding hydrogens is 394 g/mol. The third-order valence-electron chi connectivity index (χ3n) is 6.32. The molecule has 5 rings (SSSR count). The van der Waals surface area contributed by atoms with Crippen LogP contribution in [0, 0.1) is 13.8 Å². The largest absolute Gasteiger partial charge is 0.493 e. The van der Waals surface area contributed by atoms with E-state index in [1.54, 1.807) is 11.3 Å². The fourth-order valence-corrected chi connectivity index (χ4v) is 5.90. The summed E-state index contributed by atoms with van der Waals surface area (Å²) >= 11 is 1.77. The van der Waals surface area contributed by atoms with E-state index in [2.05, 4.69) is 24.5 Å². The van der Waals surface area contributed by atoms with Gasteiger partial charge in [-0.3, -0.25) is 4.79 Å². The number of fused-ring (bicyclic) bond motifs is 2. The second kappa shape index (κ2) is 8.00. The summed E-state index contributed by atoms with van der Waals surface area (Å²) in [6.45, 7) is 6.85. The van der Waals surface area contributed by atoms with Crippen LogP contribution in [-0.2, 0) is 0 Å². The predicted molar refractivity (Wildman–Crippen MR) is 121 cm³/mol. The SMILES string of the molecule is Cc1cc(C(=O)NC2CCOc3ccccc32)c(C)c2sc(C3CCNCC3)nc12. The lowest BCUT2D eigenvalue weighted by atomic mass is 9.98. The molecule has 0 radical (unpaired) electrons. The Morgan fingerprint density at radius 2 is 2.00 bits per heavy atom. The maximum Gasteiger partial charge on any atom is 0.252 e. The van der Waals surface area contributed by atoms with E-state index in [0.717, 1.165) is 70.6 Å². The van der Waals surface area contributed by atoms with Gasteiger partial charge < -0.3 is 15.4 Å². The van der Waals surface area contributed by atoms with Crippen molar-refractivity contribution in [2.24, 2.45) is 0 Å². The van der Waals surface area contributed by atoms with E-state index in [-0.39, 0.29) is 11.9 Å². The molecule has 3 aromatic rings. The lowest BCUT2D eigenvalue weighted by Gasteiger charge is -2.27. The Morgan fingerprint density at radius 1 is 1.20 bits per heavy atom. The lowest BCUT2D eigenvalue weighted by Crippen LogP contribution is -2.32. The van der Waals surface area contributed by atoms with Crippen molar-refractivity contribution in [1.82, 2.24) is 15.6 Å². The number of nitrogens with zero attached hydrogens (tertiary/aromatic N) is 1. The van der Waals surface area contributed by atoms with Crippen LogP contribution in [0.1, 0.15) is 63.3 Å². The number of para-hydroxylation sites is 1. The first-order valence-electron chi connectivity index (χ1n) is 10.8. The normalized spacial score (nSPS) is 19.3. The molecule has 1 aromatic heterocycles. The molecule has 1 unspecified atom stereocenters. The van der Waals surface area contributed by atoms with Gasteiger partial charge in [-0.15, -0.1) is 11.3 Å². The summed E-state index contributed by atoms with van der Waals surface area (Å²) < 4.78 is 6.89. The minimum Gasteiger partial charge on any atom is -0.493 e. The first kappa shape index (κ1) is 19.5. The molecule has 0 saturated carbocycles. The summed E-state index contributed by atoms with van der Waals surface area (Å²) in [5.74, 6) is 1.38. The van der Waals surface area contributed by atoms with Crippen molar-refractivity contribution in [3.05, 3.63) is 57.6 Å². The highest BCUT2D eigenvalue weighted by molar-refractivity contribution is 7.18. The maximum atomic E-state index is 13.3. The molecule has 3 heterocycles. The highest BCUT2D eigenvalue weighted by atomic mass is 32.1. The molecule has 0 spiro atoms. The zero-order valence-electron chi connectivity index (χ0n) is 17.5. The number of aromatic nitrogens is 1. The van der Waals surface area contributed by atoms with Crippen LogP contribution in [0.5, 0.6) is 5.75 Å². The van der Waals surface area contributed by atoms with Gasteiger partial charge in [-0.2, -0.15) is 0 Å². The van der Waals surface area contributed by atoms with Crippen LogP contribution in [0.4, 0.5) is 0 Å². The van der Waals surface area contributed by atoms with Crippen molar-refractivity contribution >= 4 is 27.5 Å². The van der Waals surface area contributed by atoms with Gasteiger partial charge in [-0.25, -0.2) is 4.98 Å². The van der Waals surface area contributed by atoms with Crippen LogP contribution >= 0.6 is 11.3 Å². The number of hydrogen-bond acceptors (Lipinski definition) is 5. The molecule has 1 atom stereocenters. The molecule has 0 bridgehead atoms. The van der Waals surface area contributed by atoms with E-state index in [1.165, 1.54) is 5.01 Å². The topological polar surface area (TPSA) is 63.2 Å². The maximum absolute atomic E-state index is 13.3. The minimum absolute atomic E-state index is 0.0176. The Balaban J connectivity index is 1.45. The van der Waals surface area contributed by atoms with E-state index >= 15 is 0 Å². The van der Waals surface area contributed by atoms with Crippen LogP contribution in [0.2, 0.25) is 0 Å². The zero-order valence-corrected chi connectivity index (χ0v) is 18.3. The summed E-state index contributed by atoms with van der Waals surface area (Å²) in [5, 5.41) is 7.89. The van der Waals surface area contributed by atoms with Gasteiger partial charge in [0, 0.05) is 23.5 Å². The fourth-order valence-electron chi connectivity index (χ4n) is 4.58. The minimum atomic E-state index is -0.0235. The van der Waals surface area contributed by atoms with E-state index in [0.29, 0.717) is 12.5 Å². The Morgan fingerprint density at radius 3 is 2.83 bits per heavy atom. The van der Waals surface area contributed by atoms with Crippen molar-refractivity contribution in [3.63, 3.8) is 0 Å². The van der Waals surface area contributed by atoms with Gasteiger partial charge >= 0.3 is 0 Å². The zero-order chi connectivity index (χ0) is 20.7. The number of carbonyl (C=O) groups is 1. The molecule has 0 aliphatic carbocycles. The number of carbonyl (C=O) groups excluding carboxylic acids is 1. The number of ether oxygens (including phenoxy) is 1. The van der Waals surface area contributed by atoms with Crippen LogP contribution < -0.4 is 15.4 Å². The van der Waals surface area contributed by atoms with E-state index < -0.39 is 0 Å². The van der Waals surface area contributed by atoms with E-state index in [9.17, 15) is 4.79 Å². The number of benzene rings is 2. The molecule has 30 heavy (non-hydrogen) atoms. The average Bonchev–Trinajstić information content (AvgIpc) is 3.24. The average molecular weight is 422 g/mol. The summed E-state index contributed by atoms with van der Waals surface area (Å²) in [5.41, 5.74) is 4.97. The highest BCUT2D eigenvalue weighted by Crippen LogP contribution is 2.37. The van der Waals surface area contributed by atoms with E-state index in [1.807, 2.05) is 30.3 Å². The van der Waals surface area contributed by atoms with Gasteiger partial charge in [0.25, 0.3) is 5.91 Å². The summed E-state index contributed by atoms with van der Waals surface area (Å²) in [6, 6.07) is 9.94. The smallest absolute Gasteiger partial charge is 0.252 e. The number of nitrogens with one attached hydrogen (secondary N) is 2. The van der Waals surface area contributed by atoms with Gasteiger partial charge in [-0.1, -0.05) is 18.2 Å². The quantitative estimate of drug-likeness (QED) is 0.647. The molecule has 1 saturated heterocycles. The van der Waals surface area contributed by atoms with Crippen LogP contribution in [0.25, 0.3) is 10.2 Å². The standard InChI is InChI=1S/C24H27N3O2S/c1-14-13-18(23(28)26-19-9-12-29-20-6-4-3-5-17(19)20)15(2)22-21(14)27-24(30-22)16-7-10-25-11-8-16/h3-6,13,16,19,25H,7-12H2,1-2H3,(H,26,28). The number of amides is 1. The first-order chi connectivity index (χ1) is 14.6. The van der Waals surface area contributed by atoms with Crippen LogP contribution in [0.3, 0.4) is 0 Å². The number of aryl methyl sites for hydroxylation is 2. The molecule has 1 fully saturated rings. The predicted octanol–water partition coefficient (Wildman–Crippen LogP) is 4.63. The van der Waals surface area contributed by atoms with Gasteiger partial charge in [0.1, 0.15) is 5.75 Å². The molecule has 156 valence electrons. The van der Waals surface area contributed by atoms with Crippen molar-refractivity contribution in [2.75, 3.05) is 19.7 Å². The number of thiazole rings is 1. The highest BCUT2D eigenvalue weighted by Gasteiger charge is 2.26. The van der Waals surface area contributed by atoms with E-state index in [4.69, 9.17) is 9.72 Å². The Labute approximate surface area is 180 Å². The van der Waals surface area contributed by atoms with Crippen molar-refractivity contribution in [2.45, 2.75) is 45.1 Å². The molecule has 2 aliphatic rings. The molecule has 5 nitrogen and oxygen atoms in total. The van der Waals surface area contributed by atoms with Crippen LogP contribution in [-0.4, -0.2) is 30.6 Å². The third kappa shape index (κ3) is 3.48. The molecule has 6 heteroatoms. The third-order valence-corrected chi connectivity index (χ3v) is 7.66. The van der Waals surface area contributed by atoms with Crippen molar-refractivity contribution in [3.8, 4) is 5.75 Å². The van der Waals surface area contributed by atoms with Crippen LogP contribution in [0.15, 0.2) is 30.3 Å². The fraction of sp³-hybridized carbons (Fsp3) is 0.417. The molecule has 2 aliphatic heterocycles. The van der Waals surface area contributed by atoms with Gasteiger partial charge in [0.2, 0.25) is 0 Å². The van der Waals surface area contributed by atoms with Crippen molar-refractivity contribution < 1.29 is 9.53 Å². The van der Waals surface area contributed by atoms with Gasteiger partial charge in [0.15, 0.2) is 0 Å². The lowest BCUT2D eigenvalue weighted by molar-refractivity contribution is 0.0924. The number of hydrogen-bond donors (Lipinski definition) is 2. The molecular formula is C24H27N3O2S. The van der Waals surface area contributed by atoms with Gasteiger partial charge in [-0.05, 0) is 63.0 Å². The molecule has 1 amide bonds.